The fraction of sp³-hybridized carbons (Fsp3) is 0.519. The maximum Gasteiger partial charge on any atom is 0.490 e. The molecule has 4 heterocycles. The van der Waals surface area contributed by atoms with Crippen molar-refractivity contribution in [1.29, 1.82) is 0 Å². The molecule has 0 aliphatic carbocycles. The van der Waals surface area contributed by atoms with Gasteiger partial charge in [-0.25, -0.2) is 14.4 Å². The number of halogens is 9. The first-order chi connectivity index (χ1) is 21.5. The number of aromatic nitrogens is 2. The smallest absolute Gasteiger partial charge is 0.475 e. The van der Waals surface area contributed by atoms with Crippen LogP contribution in [0.1, 0.15) is 36.2 Å². The Hall–Kier alpha value is -4.04. The molecule has 0 aromatic carbocycles. The normalized spacial score (nSPS) is 19.7. The zero-order valence-corrected chi connectivity index (χ0v) is 24.4. The predicted octanol–water partition coefficient (Wildman–Crippen LogP) is 5.03. The number of rotatable bonds is 5. The SMILES string of the molecule is Cc1cccc(CN2CCC[C@]3(C[C@@H](OCc4cccnc4)CO3)C2)n1.O=C(O)C(F)(F)F.O=C(O)C(F)(F)F.O=C(O)C(F)(F)F. The average Bonchev–Trinajstić information content (AvgIpc) is 3.33. The van der Waals surface area contributed by atoms with E-state index in [4.69, 9.17) is 39.2 Å². The summed E-state index contributed by atoms with van der Waals surface area (Å²) in [7, 11) is 0. The number of hydrogen-bond donors (Lipinski definition) is 3. The van der Waals surface area contributed by atoms with Gasteiger partial charge in [0.1, 0.15) is 0 Å². The largest absolute Gasteiger partial charge is 0.490 e. The highest BCUT2D eigenvalue weighted by Gasteiger charge is 2.44. The molecule has 2 fully saturated rings. The van der Waals surface area contributed by atoms with Gasteiger partial charge in [0.15, 0.2) is 0 Å². The lowest BCUT2D eigenvalue weighted by molar-refractivity contribution is -0.193. The summed E-state index contributed by atoms with van der Waals surface area (Å²) in [5.74, 6) is -8.27. The standard InChI is InChI=1S/C21H27N3O2.3C2HF3O2/c1-17-5-2-7-19(23-17)13-24-10-4-8-21(16-24)11-20(15-26-21)25-14-18-6-3-9-22-12-18;3*3-2(4,5)1(6)7/h2-3,5-7,9,12,20H,4,8,10-11,13-16H2,1H3;3*(H,6,7)/t20-,21+;;;/m1.../s1. The maximum absolute atomic E-state index is 10.6. The summed E-state index contributed by atoms with van der Waals surface area (Å²) in [5, 5.41) is 21.4. The van der Waals surface area contributed by atoms with E-state index in [1.54, 1.807) is 6.20 Å². The van der Waals surface area contributed by atoms with Crippen LogP contribution in [-0.4, -0.2) is 98.0 Å². The van der Waals surface area contributed by atoms with Crippen LogP contribution in [0, 0.1) is 6.92 Å². The van der Waals surface area contributed by atoms with E-state index in [2.05, 4.69) is 33.1 Å². The number of nitrogens with zero attached hydrogens (tertiary/aromatic N) is 3. The number of likely N-dealkylation sites (tertiary alicyclic amines) is 1. The minimum Gasteiger partial charge on any atom is -0.475 e. The van der Waals surface area contributed by atoms with Gasteiger partial charge in [-0.05, 0) is 50.1 Å². The average molecular weight is 696 g/mol. The number of piperidine rings is 1. The monoisotopic (exact) mass is 695 g/mol. The number of carbonyl (C=O) groups is 3. The second kappa shape index (κ2) is 17.8. The first-order valence-corrected chi connectivity index (χ1v) is 13.2. The topological polar surface area (TPSA) is 159 Å². The Kier molecular flexibility index (Phi) is 15.5. The van der Waals surface area contributed by atoms with Crippen LogP contribution in [0.4, 0.5) is 39.5 Å². The van der Waals surface area contributed by atoms with Crippen molar-refractivity contribution in [2.24, 2.45) is 0 Å². The molecule has 264 valence electrons. The number of alkyl halides is 9. The van der Waals surface area contributed by atoms with Crippen LogP contribution in [0.2, 0.25) is 0 Å². The molecule has 2 aromatic rings. The molecule has 1 spiro atoms. The highest BCUT2D eigenvalue weighted by molar-refractivity contribution is 5.73. The van der Waals surface area contributed by atoms with Crippen molar-refractivity contribution in [3.05, 3.63) is 59.7 Å². The Bertz CT molecular complexity index is 1240. The summed E-state index contributed by atoms with van der Waals surface area (Å²) in [6.07, 6.45) is -8.16. The van der Waals surface area contributed by atoms with Crippen LogP contribution >= 0.6 is 0 Å². The molecule has 0 amide bonds. The van der Waals surface area contributed by atoms with Crippen molar-refractivity contribution in [3.63, 3.8) is 0 Å². The van der Waals surface area contributed by atoms with E-state index < -0.39 is 36.4 Å². The number of pyridine rings is 2. The van der Waals surface area contributed by atoms with Crippen LogP contribution in [-0.2, 0) is 37.0 Å². The Balaban J connectivity index is 0.000000430. The van der Waals surface area contributed by atoms with Gasteiger partial charge in [-0.1, -0.05) is 12.1 Å². The fourth-order valence-electron chi connectivity index (χ4n) is 4.13. The minimum atomic E-state index is -5.08. The molecular formula is C27H30F9N3O8. The highest BCUT2D eigenvalue weighted by Crippen LogP contribution is 2.36. The first kappa shape index (κ1) is 41.0. The summed E-state index contributed by atoms with van der Waals surface area (Å²) < 4.78 is 108. The van der Waals surface area contributed by atoms with Gasteiger partial charge >= 0.3 is 36.4 Å². The van der Waals surface area contributed by atoms with Crippen molar-refractivity contribution >= 4 is 17.9 Å². The van der Waals surface area contributed by atoms with Crippen molar-refractivity contribution < 1.29 is 78.7 Å². The molecule has 2 saturated heterocycles. The minimum absolute atomic E-state index is 0.0539. The lowest BCUT2D eigenvalue weighted by Gasteiger charge is -2.39. The van der Waals surface area contributed by atoms with E-state index in [1.807, 2.05) is 25.3 Å². The highest BCUT2D eigenvalue weighted by atomic mass is 19.4. The van der Waals surface area contributed by atoms with Gasteiger partial charge in [-0.3, -0.25) is 14.9 Å². The lowest BCUT2D eigenvalue weighted by atomic mass is 9.89. The number of carboxylic acids is 3. The first-order valence-electron chi connectivity index (χ1n) is 13.2. The van der Waals surface area contributed by atoms with Gasteiger partial charge in [0.2, 0.25) is 0 Å². The quantitative estimate of drug-likeness (QED) is 0.361. The molecule has 20 heteroatoms. The molecule has 2 atom stereocenters. The fourth-order valence-corrected chi connectivity index (χ4v) is 4.13. The molecule has 3 N–H and O–H groups in total. The van der Waals surface area contributed by atoms with Crippen molar-refractivity contribution in [3.8, 4) is 0 Å². The Morgan fingerprint density at radius 3 is 1.96 bits per heavy atom. The summed E-state index contributed by atoms with van der Waals surface area (Å²) in [6, 6.07) is 10.3. The number of hydrogen-bond acceptors (Lipinski definition) is 8. The molecule has 2 aliphatic heterocycles. The van der Waals surface area contributed by atoms with Crippen LogP contribution in [0.5, 0.6) is 0 Å². The maximum atomic E-state index is 10.6. The van der Waals surface area contributed by atoms with E-state index in [1.165, 1.54) is 6.42 Å². The molecular weight excluding hydrogens is 665 g/mol. The van der Waals surface area contributed by atoms with Crippen LogP contribution in [0.25, 0.3) is 0 Å². The van der Waals surface area contributed by atoms with Crippen LogP contribution in [0.3, 0.4) is 0 Å². The second-order valence-corrected chi connectivity index (χ2v) is 9.99. The predicted molar refractivity (Wildman–Crippen MR) is 141 cm³/mol. The van der Waals surface area contributed by atoms with E-state index in [0.717, 1.165) is 49.4 Å². The summed E-state index contributed by atoms with van der Waals surface area (Å²) in [5.41, 5.74) is 3.28. The summed E-state index contributed by atoms with van der Waals surface area (Å²) >= 11 is 0. The molecule has 2 aliphatic rings. The van der Waals surface area contributed by atoms with Crippen LogP contribution < -0.4 is 0 Å². The van der Waals surface area contributed by atoms with Crippen LogP contribution in [0.15, 0.2) is 42.7 Å². The Morgan fingerprint density at radius 1 is 0.936 bits per heavy atom. The molecule has 4 rings (SSSR count). The molecule has 0 saturated carbocycles. The molecule has 47 heavy (non-hydrogen) atoms. The van der Waals surface area contributed by atoms with Gasteiger partial charge in [0, 0.05) is 37.6 Å². The number of aryl methyl sites for hydroxylation is 1. The molecule has 11 nitrogen and oxygen atoms in total. The van der Waals surface area contributed by atoms with Gasteiger partial charge < -0.3 is 24.8 Å². The zero-order chi connectivity index (χ0) is 36.1. The van der Waals surface area contributed by atoms with Gasteiger partial charge in [-0.15, -0.1) is 0 Å². The zero-order valence-electron chi connectivity index (χ0n) is 24.4. The third-order valence-electron chi connectivity index (χ3n) is 6.06. The lowest BCUT2D eigenvalue weighted by Crippen LogP contribution is -2.47. The second-order valence-electron chi connectivity index (χ2n) is 9.99. The van der Waals surface area contributed by atoms with E-state index in [-0.39, 0.29) is 11.7 Å². The number of carboxylic acid groups (broad SMARTS) is 3. The van der Waals surface area contributed by atoms with Crippen molar-refractivity contribution in [2.45, 2.75) is 69.6 Å². The van der Waals surface area contributed by atoms with E-state index in [0.29, 0.717) is 13.2 Å². The Morgan fingerprint density at radius 2 is 1.49 bits per heavy atom. The third-order valence-corrected chi connectivity index (χ3v) is 6.06. The third kappa shape index (κ3) is 16.4. The van der Waals surface area contributed by atoms with Gasteiger partial charge in [-0.2, -0.15) is 39.5 Å². The van der Waals surface area contributed by atoms with Crippen molar-refractivity contribution in [1.82, 2.24) is 14.9 Å². The molecule has 0 bridgehead atoms. The summed E-state index contributed by atoms with van der Waals surface area (Å²) in [6.45, 7) is 6.32. The van der Waals surface area contributed by atoms with Gasteiger partial charge in [0.25, 0.3) is 0 Å². The Labute approximate surface area is 260 Å². The number of aliphatic carboxylic acids is 3. The van der Waals surface area contributed by atoms with Crippen molar-refractivity contribution in [2.75, 3.05) is 19.7 Å². The van der Waals surface area contributed by atoms with Gasteiger partial charge in [0.05, 0.1) is 30.6 Å². The molecule has 0 unspecified atom stereocenters. The van der Waals surface area contributed by atoms with E-state index in [9.17, 15) is 39.5 Å². The molecule has 2 aromatic heterocycles. The number of ether oxygens (including phenoxy) is 2. The summed E-state index contributed by atoms with van der Waals surface area (Å²) in [4.78, 5) is 38.0. The van der Waals surface area contributed by atoms with E-state index >= 15 is 0 Å². The molecule has 0 radical (unpaired) electrons.